The maximum absolute atomic E-state index is 11.7. The third-order valence-corrected chi connectivity index (χ3v) is 2.36. The summed E-state index contributed by atoms with van der Waals surface area (Å²) >= 11 is 0. The normalized spacial score (nSPS) is 25.2. The molecule has 0 unspecified atom stereocenters. The first-order valence-electron chi connectivity index (χ1n) is 5.37. The lowest BCUT2D eigenvalue weighted by atomic mass is 10.1. The molecule has 0 aromatic heterocycles. The highest BCUT2D eigenvalue weighted by Gasteiger charge is 2.36. The minimum atomic E-state index is -0.498. The summed E-state index contributed by atoms with van der Waals surface area (Å²) in [6.07, 6.45) is 0.446. The summed E-state index contributed by atoms with van der Waals surface area (Å²) in [5.74, 6) is -0.833. The molecule has 1 fully saturated rings. The van der Waals surface area contributed by atoms with E-state index in [1.807, 2.05) is 20.8 Å². The Morgan fingerprint density at radius 2 is 1.88 bits per heavy atom. The molecule has 0 aliphatic carbocycles. The van der Waals surface area contributed by atoms with Crippen LogP contribution in [0.1, 0.15) is 27.2 Å². The van der Waals surface area contributed by atoms with Gasteiger partial charge in [-0.3, -0.25) is 9.59 Å². The van der Waals surface area contributed by atoms with E-state index in [0.29, 0.717) is 13.0 Å². The van der Waals surface area contributed by atoms with Gasteiger partial charge in [-0.25, -0.2) is 0 Å². The number of hydrogen-bond acceptors (Lipinski definition) is 5. The lowest BCUT2D eigenvalue weighted by Gasteiger charge is -2.22. The molecule has 0 bridgehead atoms. The minimum Gasteiger partial charge on any atom is -0.469 e. The molecule has 1 aliphatic heterocycles. The fraction of sp³-hybridized carbons (Fsp3) is 0.818. The van der Waals surface area contributed by atoms with Gasteiger partial charge in [-0.05, 0) is 27.2 Å². The Kier molecular flexibility index (Phi) is 3.91. The van der Waals surface area contributed by atoms with E-state index in [0.717, 1.165) is 0 Å². The van der Waals surface area contributed by atoms with Gasteiger partial charge in [0.15, 0.2) is 0 Å². The standard InChI is InChI=1S/C11H19NO4/c1-11(2,3)16-10(14)8-5-7(6-12-8)9(13)15-4/h7-8,12H,5-6H2,1-4H3/t7-,8-/m1/s1. The molecule has 5 heteroatoms. The van der Waals surface area contributed by atoms with Crippen LogP contribution in [-0.2, 0) is 19.1 Å². The summed E-state index contributed by atoms with van der Waals surface area (Å²) < 4.78 is 9.86. The lowest BCUT2D eigenvalue weighted by molar-refractivity contribution is -0.157. The van der Waals surface area contributed by atoms with Gasteiger partial charge in [-0.2, -0.15) is 0 Å². The van der Waals surface area contributed by atoms with Gasteiger partial charge in [0.25, 0.3) is 0 Å². The van der Waals surface area contributed by atoms with Gasteiger partial charge < -0.3 is 14.8 Å². The predicted molar refractivity (Wildman–Crippen MR) is 57.8 cm³/mol. The fourth-order valence-electron chi connectivity index (χ4n) is 1.63. The summed E-state index contributed by atoms with van der Waals surface area (Å²) in [7, 11) is 1.35. The maximum Gasteiger partial charge on any atom is 0.323 e. The average molecular weight is 229 g/mol. The molecular formula is C11H19NO4. The molecule has 0 amide bonds. The highest BCUT2D eigenvalue weighted by Crippen LogP contribution is 2.18. The van der Waals surface area contributed by atoms with E-state index in [1.165, 1.54) is 7.11 Å². The zero-order valence-corrected chi connectivity index (χ0v) is 10.2. The number of carbonyl (C=O) groups is 2. The predicted octanol–water partition coefficient (Wildman–Crippen LogP) is 0.479. The van der Waals surface area contributed by atoms with Gasteiger partial charge in [0, 0.05) is 6.54 Å². The largest absolute Gasteiger partial charge is 0.469 e. The summed E-state index contributed by atoms with van der Waals surface area (Å²) in [5.41, 5.74) is -0.498. The fourth-order valence-corrected chi connectivity index (χ4v) is 1.63. The van der Waals surface area contributed by atoms with E-state index in [1.54, 1.807) is 0 Å². The van der Waals surface area contributed by atoms with Crippen LogP contribution in [-0.4, -0.2) is 37.2 Å². The topological polar surface area (TPSA) is 64.6 Å². The molecular weight excluding hydrogens is 210 g/mol. The summed E-state index contributed by atoms with van der Waals surface area (Å²) in [6, 6.07) is -0.400. The quantitative estimate of drug-likeness (QED) is 0.698. The Labute approximate surface area is 95.5 Å². The Morgan fingerprint density at radius 3 is 2.38 bits per heavy atom. The van der Waals surface area contributed by atoms with Crippen LogP contribution in [0.3, 0.4) is 0 Å². The van der Waals surface area contributed by atoms with E-state index < -0.39 is 11.6 Å². The zero-order chi connectivity index (χ0) is 12.3. The molecule has 0 spiro atoms. The number of hydrogen-bond donors (Lipinski definition) is 1. The van der Waals surface area contributed by atoms with Crippen LogP contribution in [0.15, 0.2) is 0 Å². The molecule has 16 heavy (non-hydrogen) atoms. The molecule has 1 N–H and O–H groups in total. The van der Waals surface area contributed by atoms with E-state index in [-0.39, 0.29) is 17.9 Å². The first-order chi connectivity index (χ1) is 7.33. The molecule has 0 saturated carbocycles. The van der Waals surface area contributed by atoms with Crippen LogP contribution in [0, 0.1) is 5.92 Å². The van der Waals surface area contributed by atoms with E-state index in [2.05, 4.69) is 10.1 Å². The van der Waals surface area contributed by atoms with E-state index >= 15 is 0 Å². The SMILES string of the molecule is COC(=O)[C@H]1CN[C@@H](C(=O)OC(C)(C)C)C1. The van der Waals surface area contributed by atoms with Gasteiger partial charge in [-0.15, -0.1) is 0 Å². The van der Waals surface area contributed by atoms with Crippen molar-refractivity contribution >= 4 is 11.9 Å². The van der Waals surface area contributed by atoms with E-state index in [4.69, 9.17) is 4.74 Å². The average Bonchev–Trinajstić information content (AvgIpc) is 2.62. The Morgan fingerprint density at radius 1 is 1.25 bits per heavy atom. The summed E-state index contributed by atoms with van der Waals surface area (Å²) in [6.45, 7) is 5.92. The van der Waals surface area contributed by atoms with Gasteiger partial charge in [0.1, 0.15) is 11.6 Å². The van der Waals surface area contributed by atoms with Crippen LogP contribution >= 0.6 is 0 Å². The second-order valence-corrected chi connectivity index (χ2v) is 4.95. The van der Waals surface area contributed by atoms with Crippen molar-refractivity contribution in [2.75, 3.05) is 13.7 Å². The number of ether oxygens (including phenoxy) is 2. The summed E-state index contributed by atoms with van der Waals surface area (Å²) in [5, 5.41) is 2.97. The molecule has 2 atom stereocenters. The Balaban J connectivity index is 2.47. The number of carbonyl (C=O) groups excluding carboxylic acids is 2. The molecule has 92 valence electrons. The number of nitrogens with one attached hydrogen (secondary N) is 1. The minimum absolute atomic E-state index is 0.248. The van der Waals surface area contributed by atoms with Crippen molar-refractivity contribution in [3.8, 4) is 0 Å². The summed E-state index contributed by atoms with van der Waals surface area (Å²) in [4.78, 5) is 22.9. The van der Waals surface area contributed by atoms with Crippen LogP contribution in [0.2, 0.25) is 0 Å². The molecule has 1 heterocycles. The monoisotopic (exact) mass is 229 g/mol. The first kappa shape index (κ1) is 13.0. The van der Waals surface area contributed by atoms with Crippen LogP contribution in [0.4, 0.5) is 0 Å². The van der Waals surface area contributed by atoms with Gasteiger partial charge in [-0.1, -0.05) is 0 Å². The van der Waals surface area contributed by atoms with Crippen molar-refractivity contribution in [2.24, 2.45) is 5.92 Å². The van der Waals surface area contributed by atoms with Crippen LogP contribution < -0.4 is 5.32 Å². The molecule has 1 aliphatic rings. The second kappa shape index (κ2) is 4.82. The van der Waals surface area contributed by atoms with Gasteiger partial charge in [0.2, 0.25) is 0 Å². The highest BCUT2D eigenvalue weighted by molar-refractivity contribution is 5.80. The van der Waals surface area contributed by atoms with Crippen LogP contribution in [0.5, 0.6) is 0 Å². The molecule has 1 rings (SSSR count). The molecule has 1 saturated heterocycles. The molecule has 0 aromatic rings. The van der Waals surface area contributed by atoms with Gasteiger partial charge in [0.05, 0.1) is 13.0 Å². The van der Waals surface area contributed by atoms with Crippen molar-refractivity contribution in [3.05, 3.63) is 0 Å². The van der Waals surface area contributed by atoms with Gasteiger partial charge >= 0.3 is 11.9 Å². The highest BCUT2D eigenvalue weighted by atomic mass is 16.6. The number of esters is 2. The van der Waals surface area contributed by atoms with Crippen molar-refractivity contribution in [1.82, 2.24) is 5.32 Å². The van der Waals surface area contributed by atoms with Crippen LogP contribution in [0.25, 0.3) is 0 Å². The molecule has 5 nitrogen and oxygen atoms in total. The number of rotatable bonds is 2. The maximum atomic E-state index is 11.7. The van der Waals surface area contributed by atoms with Crippen molar-refractivity contribution in [3.63, 3.8) is 0 Å². The van der Waals surface area contributed by atoms with Crippen molar-refractivity contribution < 1.29 is 19.1 Å². The smallest absolute Gasteiger partial charge is 0.323 e. The van der Waals surface area contributed by atoms with E-state index in [9.17, 15) is 9.59 Å². The number of methoxy groups -OCH3 is 1. The third kappa shape index (κ3) is 3.48. The molecule has 0 aromatic carbocycles. The lowest BCUT2D eigenvalue weighted by Crippen LogP contribution is -2.37. The molecule has 0 radical (unpaired) electrons. The van der Waals surface area contributed by atoms with Crippen molar-refractivity contribution in [2.45, 2.75) is 38.8 Å². The zero-order valence-electron chi connectivity index (χ0n) is 10.2. The second-order valence-electron chi connectivity index (χ2n) is 4.95. The van der Waals surface area contributed by atoms with Crippen molar-refractivity contribution in [1.29, 1.82) is 0 Å². The third-order valence-electron chi connectivity index (χ3n) is 2.36. The Bertz CT molecular complexity index is 282. The first-order valence-corrected chi connectivity index (χ1v) is 5.37. The Hall–Kier alpha value is -1.10.